The molecule has 0 aromatic carbocycles. The van der Waals surface area contributed by atoms with E-state index in [9.17, 15) is 0 Å². The van der Waals surface area contributed by atoms with E-state index in [1.807, 2.05) is 31.0 Å². The second-order valence-corrected chi connectivity index (χ2v) is 6.22. The van der Waals surface area contributed by atoms with Gasteiger partial charge in [-0.3, -0.25) is 4.68 Å². The Kier molecular flexibility index (Phi) is 5.09. The first-order valence-corrected chi connectivity index (χ1v) is 7.58. The Balaban J connectivity index is 2.34. The minimum absolute atomic E-state index is 0.0833. The molecule has 5 nitrogen and oxygen atoms in total. The zero-order chi connectivity index (χ0) is 13.8. The van der Waals surface area contributed by atoms with Gasteiger partial charge >= 0.3 is 0 Å². The van der Waals surface area contributed by atoms with Crippen molar-refractivity contribution >= 4 is 27.3 Å². The third kappa shape index (κ3) is 3.22. The van der Waals surface area contributed by atoms with Gasteiger partial charge in [-0.05, 0) is 29.9 Å². The van der Waals surface area contributed by atoms with Gasteiger partial charge in [-0.15, -0.1) is 11.3 Å². The van der Waals surface area contributed by atoms with Gasteiger partial charge in [0, 0.05) is 18.2 Å². The normalized spacial score (nSPS) is 12.8. The van der Waals surface area contributed by atoms with Crippen LogP contribution < -0.4 is 5.32 Å². The van der Waals surface area contributed by atoms with Gasteiger partial charge in [-0.2, -0.15) is 5.10 Å². The number of rotatable bonds is 6. The predicted molar refractivity (Wildman–Crippen MR) is 79.6 cm³/mol. The second-order valence-electron chi connectivity index (χ2n) is 4.10. The summed E-state index contributed by atoms with van der Waals surface area (Å²) in [6, 6.07) is 0.0833. The van der Waals surface area contributed by atoms with Gasteiger partial charge in [0.05, 0.1) is 40.6 Å². The number of hydrogen-bond donors (Lipinski definition) is 1. The number of ether oxygens (including phenoxy) is 1. The van der Waals surface area contributed by atoms with Crippen LogP contribution in [0.25, 0.3) is 0 Å². The Morgan fingerprint density at radius 3 is 2.89 bits per heavy atom. The minimum Gasteiger partial charge on any atom is -0.383 e. The number of aryl methyl sites for hydroxylation is 1. The highest BCUT2D eigenvalue weighted by Gasteiger charge is 2.22. The van der Waals surface area contributed by atoms with E-state index in [1.54, 1.807) is 18.4 Å². The van der Waals surface area contributed by atoms with E-state index in [-0.39, 0.29) is 6.04 Å². The first-order valence-electron chi connectivity index (χ1n) is 5.97. The van der Waals surface area contributed by atoms with Gasteiger partial charge < -0.3 is 10.1 Å². The topological polar surface area (TPSA) is 52.0 Å². The largest absolute Gasteiger partial charge is 0.383 e. The van der Waals surface area contributed by atoms with Crippen molar-refractivity contribution in [3.63, 3.8) is 0 Å². The fraction of sp³-hybridized carbons (Fsp3) is 0.500. The molecule has 0 saturated carbocycles. The van der Waals surface area contributed by atoms with Crippen LogP contribution in [-0.4, -0.2) is 35.5 Å². The zero-order valence-corrected chi connectivity index (χ0v) is 13.6. The van der Waals surface area contributed by atoms with Crippen LogP contribution >= 0.6 is 27.3 Å². The zero-order valence-electron chi connectivity index (χ0n) is 11.2. The van der Waals surface area contributed by atoms with Gasteiger partial charge in [0.25, 0.3) is 0 Å². The Hall–Kier alpha value is -0.760. The molecule has 0 saturated heterocycles. The molecule has 104 valence electrons. The summed E-state index contributed by atoms with van der Waals surface area (Å²) in [5.41, 5.74) is 1.10. The van der Waals surface area contributed by atoms with Crippen molar-refractivity contribution in [2.24, 2.45) is 0 Å². The summed E-state index contributed by atoms with van der Waals surface area (Å²) in [7, 11) is 3.64. The average Bonchev–Trinajstić information content (AvgIpc) is 2.97. The molecular weight excluding hydrogens is 328 g/mol. The van der Waals surface area contributed by atoms with Crippen LogP contribution in [0.5, 0.6) is 0 Å². The molecule has 2 rings (SSSR count). The lowest BCUT2D eigenvalue weighted by molar-refractivity contribution is 0.182. The van der Waals surface area contributed by atoms with Crippen LogP contribution in [0, 0.1) is 6.92 Å². The molecular formula is C12H17BrN4OS. The molecule has 2 aromatic heterocycles. The number of nitrogens with one attached hydrogen (secondary N) is 1. The standard InChI is InChI=1S/C12H17BrN4OS/c1-8-15-7-10(19-8)11(14-2)12-9(13)6-16-17(12)4-5-18-3/h6-7,11,14H,4-5H2,1-3H3. The maximum absolute atomic E-state index is 5.13. The van der Waals surface area contributed by atoms with E-state index in [0.717, 1.165) is 21.7 Å². The lowest BCUT2D eigenvalue weighted by atomic mass is 10.2. The molecule has 1 unspecified atom stereocenters. The SMILES string of the molecule is CNC(c1cnc(C)s1)c1c(Br)cnn1CCOC. The van der Waals surface area contributed by atoms with Crippen LogP contribution in [0.3, 0.4) is 0 Å². The molecule has 19 heavy (non-hydrogen) atoms. The molecule has 0 fully saturated rings. The van der Waals surface area contributed by atoms with E-state index in [0.29, 0.717) is 6.61 Å². The fourth-order valence-corrected chi connectivity index (χ4v) is 3.36. The van der Waals surface area contributed by atoms with Crippen LogP contribution in [0.2, 0.25) is 0 Å². The van der Waals surface area contributed by atoms with Crippen molar-refractivity contribution in [1.29, 1.82) is 0 Å². The molecule has 0 amide bonds. The number of methoxy groups -OCH3 is 1. The first kappa shape index (κ1) is 14.6. The van der Waals surface area contributed by atoms with Gasteiger partial charge in [-0.25, -0.2) is 4.98 Å². The summed E-state index contributed by atoms with van der Waals surface area (Å²) in [6.07, 6.45) is 3.74. The van der Waals surface area contributed by atoms with Crippen molar-refractivity contribution in [2.75, 3.05) is 20.8 Å². The quantitative estimate of drug-likeness (QED) is 0.873. The molecule has 1 N–H and O–H groups in total. The number of aromatic nitrogens is 3. The van der Waals surface area contributed by atoms with E-state index >= 15 is 0 Å². The molecule has 0 bridgehead atoms. The van der Waals surface area contributed by atoms with Crippen molar-refractivity contribution in [3.8, 4) is 0 Å². The summed E-state index contributed by atoms with van der Waals surface area (Å²) in [6.45, 7) is 3.38. The molecule has 0 aliphatic rings. The van der Waals surface area contributed by atoms with Crippen molar-refractivity contribution in [3.05, 3.63) is 32.4 Å². The molecule has 2 aromatic rings. The summed E-state index contributed by atoms with van der Waals surface area (Å²) in [4.78, 5) is 5.51. The van der Waals surface area contributed by atoms with Crippen molar-refractivity contribution in [2.45, 2.75) is 19.5 Å². The summed E-state index contributed by atoms with van der Waals surface area (Å²) in [5, 5.41) is 8.78. The van der Waals surface area contributed by atoms with Crippen molar-refractivity contribution < 1.29 is 4.74 Å². The highest BCUT2D eigenvalue weighted by molar-refractivity contribution is 9.10. The van der Waals surface area contributed by atoms with Gasteiger partial charge in [-0.1, -0.05) is 0 Å². The number of halogens is 1. The van der Waals surface area contributed by atoms with E-state index in [4.69, 9.17) is 4.74 Å². The molecule has 0 spiro atoms. The highest BCUT2D eigenvalue weighted by Crippen LogP contribution is 2.31. The Labute approximate surface area is 125 Å². The van der Waals surface area contributed by atoms with Crippen LogP contribution in [0.15, 0.2) is 16.9 Å². The Bertz CT molecular complexity index is 540. The Morgan fingerprint density at radius 2 is 2.32 bits per heavy atom. The lowest BCUT2D eigenvalue weighted by Gasteiger charge is -2.17. The molecule has 0 radical (unpaired) electrons. The second kappa shape index (κ2) is 6.60. The third-order valence-electron chi connectivity index (χ3n) is 2.83. The maximum atomic E-state index is 5.13. The molecule has 0 aliphatic heterocycles. The van der Waals surface area contributed by atoms with Crippen LogP contribution in [0.4, 0.5) is 0 Å². The Morgan fingerprint density at radius 1 is 1.53 bits per heavy atom. The minimum atomic E-state index is 0.0833. The molecule has 7 heteroatoms. The average molecular weight is 345 g/mol. The summed E-state index contributed by atoms with van der Waals surface area (Å²) >= 11 is 5.27. The molecule has 1 atom stereocenters. The molecule has 0 aliphatic carbocycles. The van der Waals surface area contributed by atoms with E-state index in [2.05, 4.69) is 31.3 Å². The number of nitrogens with zero attached hydrogens (tertiary/aromatic N) is 3. The van der Waals surface area contributed by atoms with Gasteiger partial charge in [0.1, 0.15) is 0 Å². The summed E-state index contributed by atoms with van der Waals surface area (Å²) < 4.78 is 8.08. The third-order valence-corrected chi connectivity index (χ3v) is 4.41. The maximum Gasteiger partial charge on any atom is 0.0897 e. The van der Waals surface area contributed by atoms with Gasteiger partial charge in [0.2, 0.25) is 0 Å². The lowest BCUT2D eigenvalue weighted by Crippen LogP contribution is -2.22. The smallest absolute Gasteiger partial charge is 0.0897 e. The predicted octanol–water partition coefficient (Wildman–Crippen LogP) is 2.37. The first-order chi connectivity index (χ1) is 9.17. The highest BCUT2D eigenvalue weighted by atomic mass is 79.9. The fourth-order valence-electron chi connectivity index (χ4n) is 1.94. The number of thiazole rings is 1. The van der Waals surface area contributed by atoms with Crippen molar-refractivity contribution in [1.82, 2.24) is 20.1 Å². The number of hydrogen-bond acceptors (Lipinski definition) is 5. The monoisotopic (exact) mass is 344 g/mol. The molecule has 2 heterocycles. The summed E-state index contributed by atoms with van der Waals surface area (Å²) in [5.74, 6) is 0. The van der Waals surface area contributed by atoms with E-state index < -0.39 is 0 Å². The van der Waals surface area contributed by atoms with E-state index in [1.165, 1.54) is 4.88 Å². The van der Waals surface area contributed by atoms with Crippen LogP contribution in [-0.2, 0) is 11.3 Å². The van der Waals surface area contributed by atoms with Gasteiger partial charge in [0.15, 0.2) is 0 Å². The van der Waals surface area contributed by atoms with Crippen LogP contribution in [0.1, 0.15) is 21.6 Å².